The van der Waals surface area contributed by atoms with Crippen molar-refractivity contribution in [2.45, 2.75) is 37.5 Å². The summed E-state index contributed by atoms with van der Waals surface area (Å²) < 4.78 is 65.7. The second kappa shape index (κ2) is 8.11. The van der Waals surface area contributed by atoms with Gasteiger partial charge in [0.2, 0.25) is 10.0 Å². The molecule has 1 amide bonds. The molecule has 29 heavy (non-hydrogen) atoms. The summed E-state index contributed by atoms with van der Waals surface area (Å²) >= 11 is 0. The van der Waals surface area contributed by atoms with E-state index in [1.165, 1.54) is 16.4 Å². The SMILES string of the molecule is CCN(Cc1ccncc1)S(=O)(=O)c1ccc2c(c1)CN(C(=O)C(F)(F)F)CC2. The third kappa shape index (κ3) is 4.59. The molecule has 2 heterocycles. The lowest BCUT2D eigenvalue weighted by Gasteiger charge is -2.30. The number of hydrogen-bond donors (Lipinski definition) is 0. The molecule has 156 valence electrons. The minimum atomic E-state index is -4.95. The molecule has 0 aliphatic carbocycles. The summed E-state index contributed by atoms with van der Waals surface area (Å²) in [6.45, 7) is 1.76. The molecule has 0 N–H and O–H groups in total. The Bertz CT molecular complexity index is 995. The summed E-state index contributed by atoms with van der Waals surface area (Å²) in [7, 11) is -3.86. The second-order valence-corrected chi connectivity index (χ2v) is 8.63. The molecule has 0 spiro atoms. The van der Waals surface area contributed by atoms with Gasteiger partial charge in [-0.1, -0.05) is 13.0 Å². The molecule has 1 aromatic heterocycles. The summed E-state index contributed by atoms with van der Waals surface area (Å²) in [5.41, 5.74) is 1.92. The number of rotatable bonds is 5. The van der Waals surface area contributed by atoms with Crippen LogP contribution >= 0.6 is 0 Å². The van der Waals surface area contributed by atoms with E-state index in [1.54, 1.807) is 37.5 Å². The van der Waals surface area contributed by atoms with E-state index in [1.807, 2.05) is 0 Å². The van der Waals surface area contributed by atoms with Gasteiger partial charge in [0.05, 0.1) is 4.90 Å². The fourth-order valence-electron chi connectivity index (χ4n) is 3.25. The van der Waals surface area contributed by atoms with Crippen molar-refractivity contribution in [2.24, 2.45) is 0 Å². The number of benzene rings is 1. The number of aromatic nitrogens is 1. The lowest BCUT2D eigenvalue weighted by Crippen LogP contribution is -2.43. The zero-order valence-corrected chi connectivity index (χ0v) is 16.5. The van der Waals surface area contributed by atoms with E-state index >= 15 is 0 Å². The molecule has 1 aliphatic rings. The maximum absolute atomic E-state index is 13.1. The number of sulfonamides is 1. The van der Waals surface area contributed by atoms with Crippen LogP contribution in [0.5, 0.6) is 0 Å². The van der Waals surface area contributed by atoms with E-state index in [0.717, 1.165) is 11.1 Å². The third-order valence-electron chi connectivity index (χ3n) is 4.82. The van der Waals surface area contributed by atoms with Crippen LogP contribution in [-0.2, 0) is 34.3 Å². The predicted molar refractivity (Wildman–Crippen MR) is 99.1 cm³/mol. The maximum Gasteiger partial charge on any atom is 0.471 e. The van der Waals surface area contributed by atoms with E-state index in [9.17, 15) is 26.4 Å². The fourth-order valence-corrected chi connectivity index (χ4v) is 4.74. The monoisotopic (exact) mass is 427 g/mol. The quantitative estimate of drug-likeness (QED) is 0.736. The van der Waals surface area contributed by atoms with Gasteiger partial charge in [-0.3, -0.25) is 9.78 Å². The zero-order chi connectivity index (χ0) is 21.2. The van der Waals surface area contributed by atoms with Gasteiger partial charge in [-0.2, -0.15) is 17.5 Å². The number of amides is 1. The van der Waals surface area contributed by atoms with Gasteiger partial charge in [-0.25, -0.2) is 8.42 Å². The first-order valence-electron chi connectivity index (χ1n) is 9.00. The number of pyridine rings is 1. The van der Waals surface area contributed by atoms with Crippen LogP contribution in [0.2, 0.25) is 0 Å². The predicted octanol–water partition coefficient (Wildman–Crippen LogP) is 2.74. The molecule has 1 aromatic carbocycles. The summed E-state index contributed by atoms with van der Waals surface area (Å²) in [4.78, 5) is 16.1. The van der Waals surface area contributed by atoms with E-state index in [2.05, 4.69) is 4.98 Å². The van der Waals surface area contributed by atoms with Gasteiger partial charge >= 0.3 is 12.1 Å². The van der Waals surface area contributed by atoms with E-state index in [4.69, 9.17) is 0 Å². The van der Waals surface area contributed by atoms with Gasteiger partial charge < -0.3 is 4.90 Å². The number of carbonyl (C=O) groups is 1. The number of halogens is 3. The Morgan fingerprint density at radius 1 is 1.17 bits per heavy atom. The number of carbonyl (C=O) groups excluding carboxylic acids is 1. The molecule has 0 fully saturated rings. The smallest absolute Gasteiger partial charge is 0.330 e. The van der Waals surface area contributed by atoms with Crippen molar-refractivity contribution < 1.29 is 26.4 Å². The van der Waals surface area contributed by atoms with Gasteiger partial charge in [0, 0.05) is 38.6 Å². The highest BCUT2D eigenvalue weighted by molar-refractivity contribution is 7.89. The normalized spacial score (nSPS) is 14.7. The van der Waals surface area contributed by atoms with Crippen molar-refractivity contribution in [1.82, 2.24) is 14.2 Å². The molecule has 2 aromatic rings. The molecule has 10 heteroatoms. The first kappa shape index (κ1) is 21.3. The first-order chi connectivity index (χ1) is 13.6. The van der Waals surface area contributed by atoms with Gasteiger partial charge in [0.15, 0.2) is 0 Å². The number of nitrogens with zero attached hydrogens (tertiary/aromatic N) is 3. The molecule has 0 unspecified atom stereocenters. The third-order valence-corrected chi connectivity index (χ3v) is 6.74. The van der Waals surface area contributed by atoms with Gasteiger partial charge in [0.1, 0.15) is 0 Å². The Morgan fingerprint density at radius 2 is 1.86 bits per heavy atom. The van der Waals surface area contributed by atoms with Crippen LogP contribution in [0.4, 0.5) is 13.2 Å². The van der Waals surface area contributed by atoms with Gasteiger partial charge in [-0.05, 0) is 47.4 Å². The molecule has 0 bridgehead atoms. The largest absolute Gasteiger partial charge is 0.471 e. The van der Waals surface area contributed by atoms with Crippen LogP contribution in [-0.4, -0.2) is 47.8 Å². The van der Waals surface area contributed by atoms with Crippen molar-refractivity contribution in [3.8, 4) is 0 Å². The first-order valence-corrected chi connectivity index (χ1v) is 10.4. The minimum absolute atomic E-state index is 0.00605. The van der Waals surface area contributed by atoms with Crippen LogP contribution in [0, 0.1) is 0 Å². The lowest BCUT2D eigenvalue weighted by molar-refractivity contribution is -0.186. The minimum Gasteiger partial charge on any atom is -0.330 e. The maximum atomic E-state index is 13.1. The van der Waals surface area contributed by atoms with E-state index in [0.29, 0.717) is 10.5 Å². The fraction of sp³-hybridized carbons (Fsp3) is 0.368. The lowest BCUT2D eigenvalue weighted by atomic mass is 10.00. The summed E-state index contributed by atoms with van der Waals surface area (Å²) in [6, 6.07) is 7.87. The highest BCUT2D eigenvalue weighted by atomic mass is 32.2. The Hall–Kier alpha value is -2.46. The Labute approximate surface area is 167 Å². The topological polar surface area (TPSA) is 70.6 Å². The van der Waals surface area contributed by atoms with Crippen LogP contribution in [0.25, 0.3) is 0 Å². The van der Waals surface area contributed by atoms with Crippen LogP contribution in [0.15, 0.2) is 47.6 Å². The molecule has 1 aliphatic heterocycles. The Balaban J connectivity index is 1.87. The van der Waals surface area contributed by atoms with Crippen molar-refractivity contribution in [1.29, 1.82) is 0 Å². The molecule has 3 rings (SSSR count). The molecule has 6 nitrogen and oxygen atoms in total. The van der Waals surface area contributed by atoms with Crippen molar-refractivity contribution >= 4 is 15.9 Å². The molecule has 0 radical (unpaired) electrons. The highest BCUT2D eigenvalue weighted by Gasteiger charge is 2.43. The van der Waals surface area contributed by atoms with E-state index < -0.39 is 22.1 Å². The van der Waals surface area contributed by atoms with Crippen LogP contribution in [0.1, 0.15) is 23.6 Å². The summed E-state index contributed by atoms with van der Waals surface area (Å²) in [6.07, 6.45) is -1.57. The molecular formula is C19H20F3N3O3S. The van der Waals surface area contributed by atoms with E-state index in [-0.39, 0.29) is 37.5 Å². The Kier molecular flexibility index (Phi) is 5.95. The summed E-state index contributed by atoms with van der Waals surface area (Å²) in [5.74, 6) is -1.91. The van der Waals surface area contributed by atoms with Gasteiger partial charge in [-0.15, -0.1) is 0 Å². The highest BCUT2D eigenvalue weighted by Crippen LogP contribution is 2.28. The number of hydrogen-bond acceptors (Lipinski definition) is 4. The standard InChI is InChI=1S/C19H20F3N3O3S/c1-2-25(12-14-5-8-23-9-6-14)29(27,28)17-4-3-15-7-10-24(13-16(15)11-17)18(26)19(20,21)22/h3-6,8-9,11H,2,7,10,12-13H2,1H3. The molecule has 0 atom stereocenters. The second-order valence-electron chi connectivity index (χ2n) is 6.69. The molecule has 0 saturated heterocycles. The zero-order valence-electron chi connectivity index (χ0n) is 15.7. The number of alkyl halides is 3. The average molecular weight is 427 g/mol. The number of fused-ring (bicyclic) bond motifs is 1. The van der Waals surface area contributed by atoms with Crippen molar-refractivity contribution in [3.05, 3.63) is 59.4 Å². The van der Waals surface area contributed by atoms with Gasteiger partial charge in [0.25, 0.3) is 0 Å². The average Bonchev–Trinajstić information content (AvgIpc) is 2.70. The van der Waals surface area contributed by atoms with Crippen molar-refractivity contribution in [3.63, 3.8) is 0 Å². The Morgan fingerprint density at radius 3 is 2.48 bits per heavy atom. The van der Waals surface area contributed by atoms with Crippen LogP contribution in [0.3, 0.4) is 0 Å². The summed E-state index contributed by atoms with van der Waals surface area (Å²) in [5, 5.41) is 0. The van der Waals surface area contributed by atoms with Crippen LogP contribution < -0.4 is 0 Å². The molecule has 0 saturated carbocycles. The van der Waals surface area contributed by atoms with Crippen molar-refractivity contribution in [2.75, 3.05) is 13.1 Å². The molecular weight excluding hydrogens is 407 g/mol.